The Balaban J connectivity index is 2.38. The number of aldehydes is 2. The van der Waals surface area contributed by atoms with Gasteiger partial charge in [0.2, 0.25) is 0 Å². The van der Waals surface area contributed by atoms with Gasteiger partial charge in [-0.3, -0.25) is 0 Å². The van der Waals surface area contributed by atoms with Crippen LogP contribution in [-0.2, 0) is 14.3 Å². The first kappa shape index (κ1) is 8.74. The average Bonchev–Trinajstić information content (AvgIpc) is 2.86. The molecule has 1 aromatic rings. The number of hydrogen-bond donors (Lipinski definition) is 0. The van der Waals surface area contributed by atoms with Crippen LogP contribution in [0.3, 0.4) is 0 Å². The molecule has 0 N–H and O–H groups in total. The van der Waals surface area contributed by atoms with E-state index in [1.165, 1.54) is 18.6 Å². The molecule has 1 aliphatic heterocycles. The monoisotopic (exact) mass is 192 g/mol. The molecule has 0 saturated heterocycles. The highest BCUT2D eigenvalue weighted by Crippen LogP contribution is 2.40. The number of furan rings is 1. The van der Waals surface area contributed by atoms with E-state index in [4.69, 9.17) is 9.15 Å². The molecule has 0 radical (unpaired) electrons. The van der Waals surface area contributed by atoms with Crippen molar-refractivity contribution in [1.29, 1.82) is 0 Å². The highest BCUT2D eigenvalue weighted by Gasteiger charge is 2.44. The van der Waals surface area contributed by atoms with Crippen molar-refractivity contribution >= 4 is 12.6 Å². The van der Waals surface area contributed by atoms with E-state index >= 15 is 0 Å². The van der Waals surface area contributed by atoms with Crippen molar-refractivity contribution in [2.75, 3.05) is 0 Å². The van der Waals surface area contributed by atoms with E-state index in [0.717, 1.165) is 0 Å². The van der Waals surface area contributed by atoms with Gasteiger partial charge in [0.1, 0.15) is 23.7 Å². The predicted octanol–water partition coefficient (Wildman–Crippen LogP) is 1.25. The van der Waals surface area contributed by atoms with Crippen molar-refractivity contribution in [2.24, 2.45) is 5.41 Å². The minimum absolute atomic E-state index is 0.467. The molecule has 72 valence electrons. The Labute approximate surface area is 80.2 Å². The van der Waals surface area contributed by atoms with Gasteiger partial charge in [0.15, 0.2) is 6.10 Å². The van der Waals surface area contributed by atoms with E-state index < -0.39 is 11.5 Å². The zero-order chi connectivity index (χ0) is 10.0. The highest BCUT2D eigenvalue weighted by atomic mass is 16.5. The van der Waals surface area contributed by atoms with E-state index in [-0.39, 0.29) is 0 Å². The number of carbonyl (C=O) groups excluding carboxylic acids is 2. The summed E-state index contributed by atoms with van der Waals surface area (Å²) in [6.45, 7) is 0. The Morgan fingerprint density at radius 3 is 2.71 bits per heavy atom. The van der Waals surface area contributed by atoms with Crippen molar-refractivity contribution < 1.29 is 18.7 Å². The fourth-order valence-corrected chi connectivity index (χ4v) is 1.42. The summed E-state index contributed by atoms with van der Waals surface area (Å²) in [6, 6.07) is 3.34. The molecule has 2 rings (SSSR count). The molecule has 1 aromatic heterocycles. The van der Waals surface area contributed by atoms with Gasteiger partial charge < -0.3 is 18.7 Å². The standard InChI is InChI=1S/C10H8O4/c11-6-10(7-12)3-5-14-9(10)8-2-1-4-13-8/h1-7,9H/t9-/m1/s1. The fourth-order valence-electron chi connectivity index (χ4n) is 1.42. The van der Waals surface area contributed by atoms with Crippen LogP contribution in [0.2, 0.25) is 0 Å². The third-order valence-electron chi connectivity index (χ3n) is 2.24. The summed E-state index contributed by atoms with van der Waals surface area (Å²) in [5.41, 5.74) is -1.24. The average molecular weight is 192 g/mol. The van der Waals surface area contributed by atoms with E-state index in [2.05, 4.69) is 0 Å². The topological polar surface area (TPSA) is 56.5 Å². The molecule has 0 amide bonds. The third kappa shape index (κ3) is 1.08. The van der Waals surface area contributed by atoms with Crippen LogP contribution < -0.4 is 0 Å². The maximum atomic E-state index is 10.9. The molecule has 2 heterocycles. The van der Waals surface area contributed by atoms with Crippen LogP contribution in [0.25, 0.3) is 0 Å². The Hall–Kier alpha value is -1.84. The van der Waals surface area contributed by atoms with Gasteiger partial charge in [-0.1, -0.05) is 0 Å². The van der Waals surface area contributed by atoms with Crippen LogP contribution in [0, 0.1) is 5.41 Å². The largest absolute Gasteiger partial charge is 0.489 e. The van der Waals surface area contributed by atoms with Gasteiger partial charge in [-0.05, 0) is 18.2 Å². The Morgan fingerprint density at radius 1 is 1.36 bits per heavy atom. The summed E-state index contributed by atoms with van der Waals surface area (Å²) in [6.07, 6.45) is 4.70. The number of ether oxygens (including phenoxy) is 1. The molecular weight excluding hydrogens is 184 g/mol. The molecule has 0 spiro atoms. The predicted molar refractivity (Wildman–Crippen MR) is 46.2 cm³/mol. The molecule has 0 unspecified atom stereocenters. The third-order valence-corrected chi connectivity index (χ3v) is 2.24. The van der Waals surface area contributed by atoms with Crippen LogP contribution in [0.15, 0.2) is 35.2 Å². The summed E-state index contributed by atoms with van der Waals surface area (Å²) < 4.78 is 10.3. The first-order chi connectivity index (χ1) is 6.82. The molecule has 0 aliphatic carbocycles. The quantitative estimate of drug-likeness (QED) is 0.534. The van der Waals surface area contributed by atoms with E-state index in [9.17, 15) is 9.59 Å². The molecule has 0 aromatic carbocycles. The van der Waals surface area contributed by atoms with Gasteiger partial charge in [-0.15, -0.1) is 0 Å². The minimum Gasteiger partial charge on any atom is -0.489 e. The number of rotatable bonds is 3. The van der Waals surface area contributed by atoms with Crippen molar-refractivity contribution in [3.05, 3.63) is 36.5 Å². The van der Waals surface area contributed by atoms with Gasteiger partial charge >= 0.3 is 0 Å². The van der Waals surface area contributed by atoms with Crippen molar-refractivity contribution in [3.63, 3.8) is 0 Å². The summed E-state index contributed by atoms with van der Waals surface area (Å²) in [5, 5.41) is 0. The molecular formula is C10H8O4. The van der Waals surface area contributed by atoms with Gasteiger partial charge in [0.05, 0.1) is 12.5 Å². The molecule has 1 aliphatic rings. The SMILES string of the molecule is O=CC1(C=O)C=CO[C@@H]1c1ccco1. The zero-order valence-electron chi connectivity index (χ0n) is 7.25. The number of hydrogen-bond acceptors (Lipinski definition) is 4. The van der Waals surface area contributed by atoms with Gasteiger partial charge in [0.25, 0.3) is 0 Å². The van der Waals surface area contributed by atoms with Crippen molar-refractivity contribution in [2.45, 2.75) is 6.10 Å². The summed E-state index contributed by atoms with van der Waals surface area (Å²) in [7, 11) is 0. The minimum atomic E-state index is -1.24. The van der Waals surface area contributed by atoms with Crippen molar-refractivity contribution in [1.82, 2.24) is 0 Å². The van der Waals surface area contributed by atoms with E-state index in [1.54, 1.807) is 12.1 Å². The molecule has 1 atom stereocenters. The molecule has 4 nitrogen and oxygen atoms in total. The second-order valence-electron chi connectivity index (χ2n) is 3.07. The second kappa shape index (κ2) is 3.14. The maximum absolute atomic E-state index is 10.9. The molecule has 0 bridgehead atoms. The van der Waals surface area contributed by atoms with Gasteiger partial charge in [0, 0.05) is 0 Å². The van der Waals surface area contributed by atoms with E-state index in [0.29, 0.717) is 18.3 Å². The molecule has 4 heteroatoms. The Kier molecular flexibility index (Phi) is 1.96. The lowest BCUT2D eigenvalue weighted by Crippen LogP contribution is -2.27. The summed E-state index contributed by atoms with van der Waals surface area (Å²) in [4.78, 5) is 21.7. The van der Waals surface area contributed by atoms with Gasteiger partial charge in [-0.25, -0.2) is 0 Å². The van der Waals surface area contributed by atoms with Crippen LogP contribution in [-0.4, -0.2) is 12.6 Å². The summed E-state index contributed by atoms with van der Waals surface area (Å²) in [5.74, 6) is 0.467. The number of carbonyl (C=O) groups is 2. The lowest BCUT2D eigenvalue weighted by atomic mass is 9.85. The van der Waals surface area contributed by atoms with Crippen molar-refractivity contribution in [3.8, 4) is 0 Å². The van der Waals surface area contributed by atoms with Crippen LogP contribution in [0.4, 0.5) is 0 Å². The van der Waals surface area contributed by atoms with Crippen LogP contribution >= 0.6 is 0 Å². The lowest BCUT2D eigenvalue weighted by molar-refractivity contribution is -0.128. The van der Waals surface area contributed by atoms with E-state index in [1.807, 2.05) is 0 Å². The Bertz CT molecular complexity index is 355. The normalized spacial score (nSPS) is 23.0. The highest BCUT2D eigenvalue weighted by molar-refractivity contribution is 5.88. The van der Waals surface area contributed by atoms with Crippen LogP contribution in [0.1, 0.15) is 11.9 Å². The second-order valence-corrected chi connectivity index (χ2v) is 3.07. The fraction of sp³-hybridized carbons (Fsp3) is 0.200. The maximum Gasteiger partial charge on any atom is 0.178 e. The molecule has 0 fully saturated rings. The summed E-state index contributed by atoms with van der Waals surface area (Å²) >= 11 is 0. The molecule has 14 heavy (non-hydrogen) atoms. The first-order valence-electron chi connectivity index (χ1n) is 4.11. The Morgan fingerprint density at radius 2 is 2.14 bits per heavy atom. The van der Waals surface area contributed by atoms with Gasteiger partial charge in [-0.2, -0.15) is 0 Å². The lowest BCUT2D eigenvalue weighted by Gasteiger charge is -2.19. The smallest absolute Gasteiger partial charge is 0.178 e. The molecule has 0 saturated carbocycles. The van der Waals surface area contributed by atoms with Crippen LogP contribution in [0.5, 0.6) is 0 Å². The zero-order valence-corrected chi connectivity index (χ0v) is 7.25. The first-order valence-corrected chi connectivity index (χ1v) is 4.11.